The van der Waals surface area contributed by atoms with E-state index < -0.39 is 10.0 Å². The predicted octanol–water partition coefficient (Wildman–Crippen LogP) is 2.49. The molecule has 5 nitrogen and oxygen atoms in total. The van der Waals surface area contributed by atoms with Crippen molar-refractivity contribution in [3.8, 4) is 0 Å². The number of piperidine rings is 1. The van der Waals surface area contributed by atoms with Gasteiger partial charge in [0.05, 0.1) is 11.4 Å². The lowest BCUT2D eigenvalue weighted by molar-refractivity contribution is 0.0683. The second-order valence-electron chi connectivity index (χ2n) is 6.64. The Morgan fingerprint density at radius 3 is 2.74 bits per heavy atom. The van der Waals surface area contributed by atoms with Crippen LogP contribution in [0.4, 0.5) is 5.69 Å². The molecule has 1 aromatic rings. The van der Waals surface area contributed by atoms with Gasteiger partial charge in [-0.3, -0.25) is 9.10 Å². The molecule has 2 aliphatic rings. The molecule has 126 valence electrons. The van der Waals surface area contributed by atoms with E-state index in [9.17, 15) is 13.2 Å². The zero-order valence-electron chi connectivity index (χ0n) is 13.6. The number of amides is 1. The largest absolute Gasteiger partial charge is 0.338 e. The molecule has 0 aliphatic carbocycles. The average molecular weight is 336 g/mol. The van der Waals surface area contributed by atoms with Crippen LogP contribution in [0.25, 0.3) is 0 Å². The molecule has 6 heteroatoms. The SMILES string of the molecule is C[C@H]1CCCN(C(=O)c2cccc(N3CCCCS3(=O)=O)c2)C1. The summed E-state index contributed by atoms with van der Waals surface area (Å²) in [5.74, 6) is 0.723. The highest BCUT2D eigenvalue weighted by molar-refractivity contribution is 7.92. The van der Waals surface area contributed by atoms with E-state index >= 15 is 0 Å². The number of likely N-dealkylation sites (tertiary alicyclic amines) is 1. The first kappa shape index (κ1) is 16.3. The van der Waals surface area contributed by atoms with Crippen molar-refractivity contribution in [3.63, 3.8) is 0 Å². The van der Waals surface area contributed by atoms with Crippen LogP contribution >= 0.6 is 0 Å². The lowest BCUT2D eigenvalue weighted by Gasteiger charge is -2.32. The van der Waals surface area contributed by atoms with Crippen molar-refractivity contribution in [2.75, 3.05) is 29.7 Å². The highest BCUT2D eigenvalue weighted by Gasteiger charge is 2.27. The van der Waals surface area contributed by atoms with Crippen LogP contribution in [0.2, 0.25) is 0 Å². The molecule has 0 aromatic heterocycles. The maximum absolute atomic E-state index is 12.7. The molecule has 0 bridgehead atoms. The fraction of sp³-hybridized carbons (Fsp3) is 0.588. The van der Waals surface area contributed by atoms with Crippen LogP contribution in [0.15, 0.2) is 24.3 Å². The Balaban J connectivity index is 1.83. The van der Waals surface area contributed by atoms with E-state index in [1.165, 1.54) is 4.31 Å². The molecule has 0 radical (unpaired) electrons. The first-order chi connectivity index (χ1) is 11.0. The highest BCUT2D eigenvalue weighted by Crippen LogP contribution is 2.25. The van der Waals surface area contributed by atoms with Gasteiger partial charge in [0.25, 0.3) is 5.91 Å². The summed E-state index contributed by atoms with van der Waals surface area (Å²) < 4.78 is 25.9. The number of hydrogen-bond donors (Lipinski definition) is 0. The molecule has 2 fully saturated rings. The molecule has 1 aromatic carbocycles. The number of sulfonamides is 1. The molecule has 0 saturated carbocycles. The smallest absolute Gasteiger partial charge is 0.253 e. The van der Waals surface area contributed by atoms with E-state index in [0.717, 1.165) is 32.4 Å². The number of carbonyl (C=O) groups excluding carboxylic acids is 1. The van der Waals surface area contributed by atoms with Gasteiger partial charge in [-0.15, -0.1) is 0 Å². The van der Waals surface area contributed by atoms with Crippen molar-refractivity contribution in [2.45, 2.75) is 32.6 Å². The highest BCUT2D eigenvalue weighted by atomic mass is 32.2. The Bertz CT molecular complexity index is 687. The maximum Gasteiger partial charge on any atom is 0.253 e. The first-order valence-electron chi connectivity index (χ1n) is 8.37. The molecule has 2 heterocycles. The van der Waals surface area contributed by atoms with Crippen molar-refractivity contribution in [1.29, 1.82) is 0 Å². The molecule has 23 heavy (non-hydrogen) atoms. The Kier molecular flexibility index (Phi) is 4.62. The Morgan fingerprint density at radius 1 is 1.17 bits per heavy atom. The van der Waals surface area contributed by atoms with Crippen LogP contribution in [-0.4, -0.2) is 44.6 Å². The Labute approximate surface area is 138 Å². The lowest BCUT2D eigenvalue weighted by Crippen LogP contribution is -2.40. The van der Waals surface area contributed by atoms with Crippen molar-refractivity contribution in [3.05, 3.63) is 29.8 Å². The molecule has 0 unspecified atom stereocenters. The minimum absolute atomic E-state index is 0.00723. The molecule has 0 N–H and O–H groups in total. The van der Waals surface area contributed by atoms with E-state index in [-0.39, 0.29) is 11.7 Å². The number of hydrogen-bond acceptors (Lipinski definition) is 3. The van der Waals surface area contributed by atoms with Crippen molar-refractivity contribution >= 4 is 21.6 Å². The van der Waals surface area contributed by atoms with Gasteiger partial charge in [0, 0.05) is 25.2 Å². The fourth-order valence-corrected chi connectivity index (χ4v) is 5.06. The van der Waals surface area contributed by atoms with Crippen molar-refractivity contribution < 1.29 is 13.2 Å². The van der Waals surface area contributed by atoms with Gasteiger partial charge < -0.3 is 4.90 Å². The topological polar surface area (TPSA) is 57.7 Å². The molecular weight excluding hydrogens is 312 g/mol. The number of anilines is 1. The van der Waals surface area contributed by atoms with Gasteiger partial charge in [0.15, 0.2) is 0 Å². The quantitative estimate of drug-likeness (QED) is 0.834. The number of carbonyl (C=O) groups is 1. The van der Waals surface area contributed by atoms with Crippen LogP contribution in [0.5, 0.6) is 0 Å². The zero-order chi connectivity index (χ0) is 16.4. The third-order valence-electron chi connectivity index (χ3n) is 4.67. The van der Waals surface area contributed by atoms with Gasteiger partial charge in [0.1, 0.15) is 0 Å². The molecule has 3 rings (SSSR count). The summed E-state index contributed by atoms with van der Waals surface area (Å²) in [6.07, 6.45) is 3.77. The average Bonchev–Trinajstić information content (AvgIpc) is 2.54. The normalized spacial score (nSPS) is 24.5. The van der Waals surface area contributed by atoms with Crippen LogP contribution < -0.4 is 4.31 Å². The summed E-state index contributed by atoms with van der Waals surface area (Å²) in [6, 6.07) is 7.06. The van der Waals surface area contributed by atoms with E-state index in [0.29, 0.717) is 30.1 Å². The summed E-state index contributed by atoms with van der Waals surface area (Å²) >= 11 is 0. The third kappa shape index (κ3) is 3.52. The van der Waals surface area contributed by atoms with Crippen molar-refractivity contribution in [1.82, 2.24) is 4.90 Å². The monoisotopic (exact) mass is 336 g/mol. The van der Waals surface area contributed by atoms with Crippen LogP contribution in [0.3, 0.4) is 0 Å². The molecule has 0 spiro atoms. The van der Waals surface area contributed by atoms with E-state index in [2.05, 4.69) is 6.92 Å². The lowest BCUT2D eigenvalue weighted by atomic mass is 9.99. The van der Waals surface area contributed by atoms with Gasteiger partial charge in [-0.1, -0.05) is 13.0 Å². The summed E-state index contributed by atoms with van der Waals surface area (Å²) in [5, 5.41) is 0. The molecule has 1 atom stereocenters. The fourth-order valence-electron chi connectivity index (χ4n) is 3.43. The minimum atomic E-state index is -3.24. The summed E-state index contributed by atoms with van der Waals surface area (Å²) in [4.78, 5) is 14.6. The zero-order valence-corrected chi connectivity index (χ0v) is 14.4. The Hall–Kier alpha value is -1.56. The third-order valence-corrected chi connectivity index (χ3v) is 6.54. The second-order valence-corrected chi connectivity index (χ2v) is 8.66. The van der Waals surface area contributed by atoms with Gasteiger partial charge in [-0.2, -0.15) is 0 Å². The molecular formula is C17H24N2O3S. The molecule has 2 aliphatic heterocycles. The summed E-state index contributed by atoms with van der Waals surface area (Å²) in [7, 11) is -3.24. The van der Waals surface area contributed by atoms with E-state index in [1.807, 2.05) is 4.90 Å². The number of benzene rings is 1. The first-order valence-corrected chi connectivity index (χ1v) is 9.98. The summed E-state index contributed by atoms with van der Waals surface area (Å²) in [6.45, 7) is 4.23. The summed E-state index contributed by atoms with van der Waals surface area (Å²) in [5.41, 5.74) is 1.19. The standard InChI is InChI=1S/C17H24N2O3S/c1-14-6-5-9-18(13-14)17(20)15-7-4-8-16(12-15)19-10-2-3-11-23(19,21)22/h4,7-8,12,14H,2-3,5-6,9-11,13H2,1H3/t14-/m0/s1. The molecule has 2 saturated heterocycles. The van der Waals surface area contributed by atoms with E-state index in [4.69, 9.17) is 0 Å². The Morgan fingerprint density at radius 2 is 2.00 bits per heavy atom. The van der Waals surface area contributed by atoms with Crippen molar-refractivity contribution in [2.24, 2.45) is 5.92 Å². The van der Waals surface area contributed by atoms with Gasteiger partial charge in [-0.05, 0) is 49.8 Å². The van der Waals surface area contributed by atoms with Gasteiger partial charge >= 0.3 is 0 Å². The number of rotatable bonds is 2. The number of nitrogens with zero attached hydrogens (tertiary/aromatic N) is 2. The van der Waals surface area contributed by atoms with Crippen LogP contribution in [0, 0.1) is 5.92 Å². The van der Waals surface area contributed by atoms with Crippen LogP contribution in [0.1, 0.15) is 43.0 Å². The van der Waals surface area contributed by atoms with Gasteiger partial charge in [0.2, 0.25) is 10.0 Å². The minimum Gasteiger partial charge on any atom is -0.338 e. The second kappa shape index (κ2) is 6.51. The predicted molar refractivity (Wildman–Crippen MR) is 91.1 cm³/mol. The van der Waals surface area contributed by atoms with Crippen LogP contribution in [-0.2, 0) is 10.0 Å². The van der Waals surface area contributed by atoms with E-state index in [1.54, 1.807) is 24.3 Å². The maximum atomic E-state index is 12.7. The van der Waals surface area contributed by atoms with Gasteiger partial charge in [-0.25, -0.2) is 8.42 Å². The molecule has 1 amide bonds.